The summed E-state index contributed by atoms with van der Waals surface area (Å²) in [6.45, 7) is 4.98. The maximum absolute atomic E-state index is 12.5. The summed E-state index contributed by atoms with van der Waals surface area (Å²) in [4.78, 5) is 24.5. The molecule has 0 aliphatic heterocycles. The molecular weight excluding hydrogens is 815 g/mol. The Labute approximate surface area is 413 Å². The molecule has 6 heteroatoms. The molecule has 0 aromatic carbocycles. The first-order chi connectivity index (χ1) is 32.5. The van der Waals surface area contributed by atoms with Gasteiger partial charge in [-0.2, -0.15) is 0 Å². The molecule has 66 heavy (non-hydrogen) atoms. The number of unbranched alkanes of at least 4 members (excludes halogenated alkanes) is 46. The van der Waals surface area contributed by atoms with E-state index in [2.05, 4.69) is 19.2 Å². The number of amides is 1. The standard InChI is InChI=1S/C60H119NO5/c1-3-5-7-9-11-13-15-17-18-19-23-26-29-32-36-40-44-48-52-58(63)57(56-62)61-59(64)53-49-45-41-37-33-30-27-24-21-20-22-25-28-31-35-39-43-47-51-55-66-60(65)54-50-46-42-38-34-16-14-12-10-8-6-4-2/h57-58,62-63H,3-56H2,1-2H3,(H,61,64). The minimum absolute atomic E-state index is 0.0108. The van der Waals surface area contributed by atoms with Crippen molar-refractivity contribution in [1.29, 1.82) is 0 Å². The Bertz CT molecular complexity index is 944. The van der Waals surface area contributed by atoms with Gasteiger partial charge in [0.1, 0.15) is 0 Å². The molecule has 0 aliphatic rings. The summed E-state index contributed by atoms with van der Waals surface area (Å²) in [6.07, 6.45) is 65.3. The fourth-order valence-corrected chi connectivity index (χ4v) is 9.76. The van der Waals surface area contributed by atoms with E-state index in [1.165, 1.54) is 276 Å². The van der Waals surface area contributed by atoms with Crippen molar-refractivity contribution in [3.8, 4) is 0 Å². The predicted molar refractivity (Wildman–Crippen MR) is 287 cm³/mol. The molecule has 0 heterocycles. The van der Waals surface area contributed by atoms with Gasteiger partial charge in [-0.25, -0.2) is 0 Å². The zero-order valence-electron chi connectivity index (χ0n) is 45.0. The second-order valence-electron chi connectivity index (χ2n) is 21.1. The van der Waals surface area contributed by atoms with Crippen LogP contribution in [0.5, 0.6) is 0 Å². The molecule has 394 valence electrons. The van der Waals surface area contributed by atoms with Gasteiger partial charge in [0.15, 0.2) is 0 Å². The van der Waals surface area contributed by atoms with E-state index in [4.69, 9.17) is 4.74 Å². The summed E-state index contributed by atoms with van der Waals surface area (Å²) in [7, 11) is 0. The van der Waals surface area contributed by atoms with Crippen LogP contribution in [-0.2, 0) is 14.3 Å². The third kappa shape index (κ3) is 52.2. The van der Waals surface area contributed by atoms with E-state index >= 15 is 0 Å². The van der Waals surface area contributed by atoms with Crippen molar-refractivity contribution >= 4 is 11.9 Å². The van der Waals surface area contributed by atoms with Gasteiger partial charge in [0.2, 0.25) is 5.91 Å². The second-order valence-corrected chi connectivity index (χ2v) is 21.1. The molecular formula is C60H119NO5. The lowest BCUT2D eigenvalue weighted by Crippen LogP contribution is -2.45. The van der Waals surface area contributed by atoms with Gasteiger partial charge >= 0.3 is 5.97 Å². The first-order valence-corrected chi connectivity index (χ1v) is 30.3. The third-order valence-electron chi connectivity index (χ3n) is 14.4. The van der Waals surface area contributed by atoms with Crippen LogP contribution < -0.4 is 5.32 Å². The number of aliphatic hydroxyl groups is 2. The van der Waals surface area contributed by atoms with Gasteiger partial charge in [-0.1, -0.05) is 309 Å². The average molecular weight is 935 g/mol. The number of carbonyl (C=O) groups is 2. The Balaban J connectivity index is 3.39. The Morgan fingerprint density at radius 2 is 0.621 bits per heavy atom. The van der Waals surface area contributed by atoms with Crippen LogP contribution in [0.1, 0.15) is 348 Å². The van der Waals surface area contributed by atoms with Gasteiger partial charge in [-0.15, -0.1) is 0 Å². The maximum Gasteiger partial charge on any atom is 0.305 e. The Morgan fingerprint density at radius 1 is 0.364 bits per heavy atom. The fraction of sp³-hybridized carbons (Fsp3) is 0.967. The summed E-state index contributed by atoms with van der Waals surface area (Å²) in [5, 5.41) is 23.3. The van der Waals surface area contributed by atoms with Gasteiger partial charge in [-0.3, -0.25) is 9.59 Å². The van der Waals surface area contributed by atoms with Crippen LogP contribution in [0, 0.1) is 0 Å². The van der Waals surface area contributed by atoms with Crippen LogP contribution in [0.4, 0.5) is 0 Å². The van der Waals surface area contributed by atoms with E-state index in [1.54, 1.807) is 0 Å². The van der Waals surface area contributed by atoms with Crippen LogP contribution in [0.3, 0.4) is 0 Å². The number of nitrogens with one attached hydrogen (secondary N) is 1. The highest BCUT2D eigenvalue weighted by atomic mass is 16.5. The zero-order valence-corrected chi connectivity index (χ0v) is 45.0. The van der Waals surface area contributed by atoms with Crippen LogP contribution in [0.2, 0.25) is 0 Å². The number of aliphatic hydroxyl groups excluding tert-OH is 2. The van der Waals surface area contributed by atoms with Crippen molar-refractivity contribution in [2.75, 3.05) is 13.2 Å². The molecule has 0 spiro atoms. The monoisotopic (exact) mass is 934 g/mol. The molecule has 0 aromatic heterocycles. The van der Waals surface area contributed by atoms with Gasteiger partial charge in [0.25, 0.3) is 0 Å². The van der Waals surface area contributed by atoms with Gasteiger partial charge in [0.05, 0.1) is 25.4 Å². The molecule has 0 radical (unpaired) electrons. The molecule has 6 nitrogen and oxygen atoms in total. The van der Waals surface area contributed by atoms with Gasteiger partial charge < -0.3 is 20.3 Å². The number of ether oxygens (including phenoxy) is 1. The lowest BCUT2D eigenvalue weighted by molar-refractivity contribution is -0.143. The smallest absolute Gasteiger partial charge is 0.305 e. The van der Waals surface area contributed by atoms with Crippen LogP contribution in [0.15, 0.2) is 0 Å². The summed E-state index contributed by atoms with van der Waals surface area (Å²) >= 11 is 0. The van der Waals surface area contributed by atoms with Crippen molar-refractivity contribution < 1.29 is 24.5 Å². The molecule has 3 N–H and O–H groups in total. The lowest BCUT2D eigenvalue weighted by atomic mass is 10.0. The number of carbonyl (C=O) groups excluding carboxylic acids is 2. The number of hydrogen-bond donors (Lipinski definition) is 3. The van der Waals surface area contributed by atoms with E-state index in [0.717, 1.165) is 38.5 Å². The summed E-state index contributed by atoms with van der Waals surface area (Å²) in [5.41, 5.74) is 0. The van der Waals surface area contributed by atoms with E-state index in [9.17, 15) is 19.8 Å². The summed E-state index contributed by atoms with van der Waals surface area (Å²) in [6, 6.07) is -0.542. The summed E-state index contributed by atoms with van der Waals surface area (Å²) < 4.78 is 5.47. The van der Waals surface area contributed by atoms with Gasteiger partial charge in [-0.05, 0) is 25.7 Å². The van der Waals surface area contributed by atoms with E-state index in [0.29, 0.717) is 25.9 Å². The molecule has 0 saturated heterocycles. The first-order valence-electron chi connectivity index (χ1n) is 30.3. The highest BCUT2D eigenvalue weighted by Crippen LogP contribution is 2.18. The highest BCUT2D eigenvalue weighted by Gasteiger charge is 2.20. The lowest BCUT2D eigenvalue weighted by Gasteiger charge is -2.22. The van der Waals surface area contributed by atoms with Crippen molar-refractivity contribution in [2.45, 2.75) is 360 Å². The molecule has 0 aliphatic carbocycles. The highest BCUT2D eigenvalue weighted by molar-refractivity contribution is 5.76. The van der Waals surface area contributed by atoms with Crippen molar-refractivity contribution in [1.82, 2.24) is 5.32 Å². The minimum atomic E-state index is -0.665. The first kappa shape index (κ1) is 64.9. The molecule has 0 aromatic rings. The molecule has 2 unspecified atom stereocenters. The Hall–Kier alpha value is -1.14. The van der Waals surface area contributed by atoms with E-state index in [-0.39, 0.29) is 18.5 Å². The van der Waals surface area contributed by atoms with E-state index in [1.807, 2.05) is 0 Å². The Kier molecular flexibility index (Phi) is 55.5. The average Bonchev–Trinajstić information content (AvgIpc) is 3.32. The molecule has 0 bridgehead atoms. The second kappa shape index (κ2) is 56.4. The molecule has 2 atom stereocenters. The van der Waals surface area contributed by atoms with Crippen molar-refractivity contribution in [3.63, 3.8) is 0 Å². The van der Waals surface area contributed by atoms with Gasteiger partial charge in [0, 0.05) is 12.8 Å². The maximum atomic E-state index is 12.5. The van der Waals surface area contributed by atoms with Crippen molar-refractivity contribution in [3.05, 3.63) is 0 Å². The molecule has 1 amide bonds. The van der Waals surface area contributed by atoms with Crippen LogP contribution in [-0.4, -0.2) is 47.4 Å². The topological polar surface area (TPSA) is 95.9 Å². The normalized spacial score (nSPS) is 12.5. The predicted octanol–water partition coefficient (Wildman–Crippen LogP) is 18.7. The summed E-state index contributed by atoms with van der Waals surface area (Å²) in [5.74, 6) is -0.0231. The molecule has 0 fully saturated rings. The minimum Gasteiger partial charge on any atom is -0.466 e. The molecule has 0 saturated carbocycles. The zero-order chi connectivity index (χ0) is 47.9. The number of hydrogen-bond acceptors (Lipinski definition) is 5. The fourth-order valence-electron chi connectivity index (χ4n) is 9.76. The number of esters is 1. The Morgan fingerprint density at radius 3 is 0.924 bits per heavy atom. The van der Waals surface area contributed by atoms with Crippen LogP contribution >= 0.6 is 0 Å². The van der Waals surface area contributed by atoms with Crippen molar-refractivity contribution in [2.24, 2.45) is 0 Å². The third-order valence-corrected chi connectivity index (χ3v) is 14.4. The SMILES string of the molecule is CCCCCCCCCCCCCCCCCCCCC(O)C(CO)NC(=O)CCCCCCCCCCCCCCCCCCCCCOC(=O)CCCCCCCCCCCCCC. The molecule has 0 rings (SSSR count). The quantitative estimate of drug-likeness (QED) is 0.0417. The van der Waals surface area contributed by atoms with Crippen LogP contribution in [0.25, 0.3) is 0 Å². The van der Waals surface area contributed by atoms with E-state index < -0.39 is 12.1 Å². The number of rotatable bonds is 57. The largest absolute Gasteiger partial charge is 0.466 e.